The third-order valence-electron chi connectivity index (χ3n) is 6.18. The second-order valence-electron chi connectivity index (χ2n) is 8.22. The molecule has 5 rings (SSSR count). The van der Waals surface area contributed by atoms with Gasteiger partial charge in [-0.2, -0.15) is 4.98 Å². The number of carbonyl (C=O) groups is 1. The van der Waals surface area contributed by atoms with Gasteiger partial charge in [-0.3, -0.25) is 4.79 Å². The molecule has 0 bridgehead atoms. The van der Waals surface area contributed by atoms with Crippen molar-refractivity contribution in [2.24, 2.45) is 5.92 Å². The van der Waals surface area contributed by atoms with Crippen molar-refractivity contribution in [3.8, 4) is 11.5 Å². The third-order valence-corrected chi connectivity index (χ3v) is 6.73. The normalized spacial score (nSPS) is 20.4. The molecule has 2 unspecified atom stereocenters. The summed E-state index contributed by atoms with van der Waals surface area (Å²) in [4.78, 5) is 31.0. The molecule has 2 fully saturated rings. The van der Waals surface area contributed by atoms with Crippen LogP contribution in [0.15, 0.2) is 28.8 Å². The van der Waals surface area contributed by atoms with Crippen LogP contribution in [0.4, 0.5) is 5.95 Å². The summed E-state index contributed by atoms with van der Waals surface area (Å²) in [6.07, 6.45) is 1.00. The molecule has 1 amide bonds. The lowest BCUT2D eigenvalue weighted by Gasteiger charge is -2.53. The van der Waals surface area contributed by atoms with Crippen LogP contribution < -0.4 is 4.90 Å². The zero-order chi connectivity index (χ0) is 21.7. The van der Waals surface area contributed by atoms with E-state index in [0.29, 0.717) is 46.3 Å². The van der Waals surface area contributed by atoms with Crippen LogP contribution in [-0.2, 0) is 0 Å². The number of benzene rings is 1. The summed E-state index contributed by atoms with van der Waals surface area (Å²) in [5.74, 6) is 2.06. The molecule has 0 radical (unpaired) electrons. The van der Waals surface area contributed by atoms with Crippen LogP contribution in [0.1, 0.15) is 34.0 Å². The molecule has 3 aromatic rings. The molecule has 2 aromatic heterocycles. The molecule has 31 heavy (non-hydrogen) atoms. The molecule has 1 aromatic carbocycles. The van der Waals surface area contributed by atoms with Gasteiger partial charge >= 0.3 is 0 Å². The highest BCUT2D eigenvalue weighted by Gasteiger charge is 2.46. The molecule has 160 valence electrons. The second kappa shape index (κ2) is 7.60. The topological polar surface area (TPSA) is 88.3 Å². The summed E-state index contributed by atoms with van der Waals surface area (Å²) in [7, 11) is 0. The van der Waals surface area contributed by atoms with Gasteiger partial charge in [-0.1, -0.05) is 28.9 Å². The van der Waals surface area contributed by atoms with Crippen LogP contribution in [0, 0.1) is 26.7 Å². The van der Waals surface area contributed by atoms with Crippen molar-refractivity contribution >= 4 is 23.5 Å². The zero-order valence-electron chi connectivity index (χ0n) is 17.7. The highest BCUT2D eigenvalue weighted by atomic mass is 35.5. The Kier molecular flexibility index (Phi) is 4.89. The van der Waals surface area contributed by atoms with E-state index >= 15 is 0 Å². The summed E-state index contributed by atoms with van der Waals surface area (Å²) in [5.41, 5.74) is 2.79. The molecule has 0 saturated carbocycles. The predicted octanol–water partition coefficient (Wildman–Crippen LogP) is 3.46. The predicted molar refractivity (Wildman–Crippen MR) is 116 cm³/mol. The maximum atomic E-state index is 13.4. The van der Waals surface area contributed by atoms with Crippen LogP contribution in [0.3, 0.4) is 0 Å². The Hall–Kier alpha value is -3.00. The second-order valence-corrected chi connectivity index (χ2v) is 8.60. The number of carbonyl (C=O) groups excluding carboxylic acids is 1. The van der Waals surface area contributed by atoms with Gasteiger partial charge in [0.15, 0.2) is 5.82 Å². The number of anilines is 1. The summed E-state index contributed by atoms with van der Waals surface area (Å²) in [6.45, 7) is 7.88. The quantitative estimate of drug-likeness (QED) is 0.618. The standard InChI is InChI=1S/C22H23ClN6O2/c1-12-19(23)13(2)25-22(24-12)28-9-8-15-10-29(18(15)11-28)21(30)17-7-5-4-6-16(17)20-26-14(3)27-31-20/h4-7,15,18H,8-11H2,1-3H3. The fourth-order valence-electron chi connectivity index (χ4n) is 4.46. The smallest absolute Gasteiger partial charge is 0.258 e. The van der Waals surface area contributed by atoms with Crippen molar-refractivity contribution in [3.63, 3.8) is 0 Å². The van der Waals surface area contributed by atoms with Crippen LogP contribution >= 0.6 is 11.6 Å². The molecule has 2 aliphatic rings. The van der Waals surface area contributed by atoms with Crippen LogP contribution in [0.2, 0.25) is 5.02 Å². The molecule has 0 aliphatic carbocycles. The number of amides is 1. The van der Waals surface area contributed by atoms with E-state index in [-0.39, 0.29) is 11.9 Å². The Morgan fingerprint density at radius 1 is 1.10 bits per heavy atom. The average molecular weight is 439 g/mol. The van der Waals surface area contributed by atoms with E-state index in [1.807, 2.05) is 43.0 Å². The number of fused-ring (bicyclic) bond motifs is 1. The molecule has 8 nitrogen and oxygen atoms in total. The van der Waals surface area contributed by atoms with Gasteiger partial charge in [0.25, 0.3) is 11.8 Å². The number of aryl methyl sites for hydroxylation is 3. The summed E-state index contributed by atoms with van der Waals surface area (Å²) in [6, 6.07) is 7.52. The summed E-state index contributed by atoms with van der Waals surface area (Å²) < 4.78 is 5.32. The Bertz CT molecular complexity index is 1140. The number of halogens is 1. The minimum absolute atomic E-state index is 0.0149. The van der Waals surface area contributed by atoms with Crippen LogP contribution in [-0.4, -0.2) is 56.6 Å². The molecule has 0 spiro atoms. The molecule has 2 aliphatic heterocycles. The van der Waals surface area contributed by atoms with E-state index in [2.05, 4.69) is 25.0 Å². The van der Waals surface area contributed by atoms with E-state index in [9.17, 15) is 4.79 Å². The Labute approximate surface area is 185 Å². The number of likely N-dealkylation sites (tertiary alicyclic amines) is 1. The number of hydrogen-bond donors (Lipinski definition) is 0. The first-order valence-corrected chi connectivity index (χ1v) is 10.8. The van der Waals surface area contributed by atoms with Crippen molar-refractivity contribution in [1.82, 2.24) is 25.0 Å². The number of piperidine rings is 1. The van der Waals surface area contributed by atoms with E-state index < -0.39 is 0 Å². The molecule has 0 N–H and O–H groups in total. The molecule has 9 heteroatoms. The highest BCUT2D eigenvalue weighted by Crippen LogP contribution is 2.36. The fraction of sp³-hybridized carbons (Fsp3) is 0.409. The SMILES string of the molecule is Cc1noc(-c2ccccc2C(=O)N2CC3CCN(c4nc(C)c(Cl)c(C)n4)CC32)n1. The van der Waals surface area contributed by atoms with Gasteiger partial charge in [0, 0.05) is 25.6 Å². The average Bonchev–Trinajstić information content (AvgIpc) is 3.18. The first kappa shape index (κ1) is 19.9. The molecule has 2 atom stereocenters. The van der Waals surface area contributed by atoms with Crippen molar-refractivity contribution < 1.29 is 9.32 Å². The number of nitrogens with zero attached hydrogens (tertiary/aromatic N) is 6. The first-order chi connectivity index (χ1) is 14.9. The molecular weight excluding hydrogens is 416 g/mol. The minimum atomic E-state index is -0.0149. The Morgan fingerprint density at radius 3 is 2.55 bits per heavy atom. The van der Waals surface area contributed by atoms with Crippen molar-refractivity contribution in [3.05, 3.63) is 52.1 Å². The highest BCUT2D eigenvalue weighted by molar-refractivity contribution is 6.31. The van der Waals surface area contributed by atoms with Gasteiger partial charge < -0.3 is 14.3 Å². The van der Waals surface area contributed by atoms with E-state index in [0.717, 1.165) is 30.9 Å². The van der Waals surface area contributed by atoms with Crippen molar-refractivity contribution in [2.45, 2.75) is 33.2 Å². The molecular formula is C22H23ClN6O2. The summed E-state index contributed by atoms with van der Waals surface area (Å²) in [5, 5.41) is 4.46. The van der Waals surface area contributed by atoms with E-state index in [1.165, 1.54) is 0 Å². The van der Waals surface area contributed by atoms with Gasteiger partial charge in [0.05, 0.1) is 33.6 Å². The van der Waals surface area contributed by atoms with Crippen molar-refractivity contribution in [2.75, 3.05) is 24.5 Å². The largest absolute Gasteiger partial charge is 0.339 e. The van der Waals surface area contributed by atoms with E-state index in [4.69, 9.17) is 16.1 Å². The molecule has 2 saturated heterocycles. The minimum Gasteiger partial charge on any atom is -0.339 e. The monoisotopic (exact) mass is 438 g/mol. The van der Waals surface area contributed by atoms with Gasteiger partial charge in [-0.25, -0.2) is 9.97 Å². The number of hydrogen-bond acceptors (Lipinski definition) is 7. The summed E-state index contributed by atoms with van der Waals surface area (Å²) >= 11 is 6.24. The number of aromatic nitrogens is 4. The van der Waals surface area contributed by atoms with Crippen LogP contribution in [0.25, 0.3) is 11.5 Å². The lowest BCUT2D eigenvalue weighted by atomic mass is 9.81. The third kappa shape index (κ3) is 3.44. The van der Waals surface area contributed by atoms with Crippen LogP contribution in [0.5, 0.6) is 0 Å². The zero-order valence-corrected chi connectivity index (χ0v) is 18.4. The number of rotatable bonds is 3. The van der Waals surface area contributed by atoms with Crippen molar-refractivity contribution in [1.29, 1.82) is 0 Å². The van der Waals surface area contributed by atoms with Gasteiger partial charge in [0.1, 0.15) is 0 Å². The maximum absolute atomic E-state index is 13.4. The van der Waals surface area contributed by atoms with Gasteiger partial charge in [-0.15, -0.1) is 0 Å². The Balaban J connectivity index is 1.38. The van der Waals surface area contributed by atoms with Gasteiger partial charge in [-0.05, 0) is 39.3 Å². The van der Waals surface area contributed by atoms with Gasteiger partial charge in [0.2, 0.25) is 5.95 Å². The first-order valence-electron chi connectivity index (χ1n) is 10.4. The lowest BCUT2D eigenvalue weighted by Crippen LogP contribution is -2.66. The van der Waals surface area contributed by atoms with E-state index in [1.54, 1.807) is 6.92 Å². The Morgan fingerprint density at radius 2 is 1.84 bits per heavy atom. The maximum Gasteiger partial charge on any atom is 0.258 e. The lowest BCUT2D eigenvalue weighted by molar-refractivity contribution is 0.00772. The fourth-order valence-corrected chi connectivity index (χ4v) is 4.54. The molecule has 4 heterocycles.